The van der Waals surface area contributed by atoms with Crippen molar-refractivity contribution in [3.63, 3.8) is 0 Å². The summed E-state index contributed by atoms with van der Waals surface area (Å²) in [5, 5.41) is 2.93. The third kappa shape index (κ3) is 8.66. The number of hydrogen-bond acceptors (Lipinski definition) is 4. The van der Waals surface area contributed by atoms with Crippen molar-refractivity contribution in [1.29, 1.82) is 0 Å². The van der Waals surface area contributed by atoms with E-state index < -0.39 is 33.8 Å². The SMILES string of the molecule is CC(C)(C)OC(=O)N[C@H](c1ccccc1)[C@H](NS(=O)(=O)CCC1=CCC(c2ccccc2)=CC1)c1ccccc1. The van der Waals surface area contributed by atoms with Crippen LogP contribution in [0.2, 0.25) is 0 Å². The van der Waals surface area contributed by atoms with Gasteiger partial charge in [0.05, 0.1) is 17.8 Å². The van der Waals surface area contributed by atoms with Gasteiger partial charge in [0.1, 0.15) is 5.60 Å². The summed E-state index contributed by atoms with van der Waals surface area (Å²) < 4.78 is 35.4. The lowest BCUT2D eigenvalue weighted by molar-refractivity contribution is 0.0493. The van der Waals surface area contributed by atoms with Crippen molar-refractivity contribution < 1.29 is 17.9 Å². The van der Waals surface area contributed by atoms with Crippen molar-refractivity contribution in [3.05, 3.63) is 125 Å². The van der Waals surface area contributed by atoms with Crippen molar-refractivity contribution >= 4 is 21.7 Å². The van der Waals surface area contributed by atoms with E-state index in [0.29, 0.717) is 6.42 Å². The standard InChI is InChI=1S/C33H38N2O4S/c1-33(2,3)39-32(36)34-30(28-15-9-5-10-16-28)31(29-17-11-6-12-18-29)35-40(37,38)24-23-25-19-21-27(22-20-25)26-13-7-4-8-14-26/h4-19,22,30-31,35H,20-21,23-24H2,1-3H3,(H,34,36)/t30-,31-/m1/s1. The average Bonchev–Trinajstić information content (AvgIpc) is 2.95. The number of hydrogen-bond donors (Lipinski definition) is 2. The number of sulfonamides is 1. The van der Waals surface area contributed by atoms with E-state index in [9.17, 15) is 13.2 Å². The van der Waals surface area contributed by atoms with E-state index in [1.807, 2.05) is 78.9 Å². The number of carbonyl (C=O) groups is 1. The van der Waals surface area contributed by atoms with E-state index in [0.717, 1.165) is 29.5 Å². The van der Waals surface area contributed by atoms with Crippen LogP contribution in [-0.4, -0.2) is 25.9 Å². The smallest absolute Gasteiger partial charge is 0.408 e. The molecular weight excluding hydrogens is 520 g/mol. The molecule has 2 N–H and O–H groups in total. The summed E-state index contributed by atoms with van der Waals surface area (Å²) >= 11 is 0. The third-order valence-electron chi connectivity index (χ3n) is 6.69. The summed E-state index contributed by atoms with van der Waals surface area (Å²) in [6.45, 7) is 5.37. The zero-order valence-corrected chi connectivity index (χ0v) is 24.2. The van der Waals surface area contributed by atoms with Crippen molar-refractivity contribution in [2.75, 3.05) is 5.75 Å². The number of carbonyl (C=O) groups excluding carboxylic acids is 1. The summed E-state index contributed by atoms with van der Waals surface area (Å²) in [5.74, 6) is -0.0510. The van der Waals surface area contributed by atoms with Gasteiger partial charge in [0.15, 0.2) is 0 Å². The second-order valence-electron chi connectivity index (χ2n) is 11.0. The molecule has 0 saturated heterocycles. The van der Waals surface area contributed by atoms with Gasteiger partial charge in [-0.2, -0.15) is 0 Å². The van der Waals surface area contributed by atoms with Crippen LogP contribution in [-0.2, 0) is 14.8 Å². The van der Waals surface area contributed by atoms with Crippen LogP contribution in [0, 0.1) is 0 Å². The van der Waals surface area contributed by atoms with Gasteiger partial charge in [0.2, 0.25) is 10.0 Å². The zero-order chi connectivity index (χ0) is 28.6. The monoisotopic (exact) mass is 558 g/mol. The van der Waals surface area contributed by atoms with Crippen LogP contribution in [0.15, 0.2) is 109 Å². The second-order valence-corrected chi connectivity index (χ2v) is 12.8. The normalized spacial score (nSPS) is 15.4. The topological polar surface area (TPSA) is 84.5 Å². The van der Waals surface area contributed by atoms with Crippen molar-refractivity contribution in [3.8, 4) is 0 Å². The Morgan fingerprint density at radius 1 is 0.800 bits per heavy atom. The lowest BCUT2D eigenvalue weighted by Crippen LogP contribution is -2.43. The van der Waals surface area contributed by atoms with E-state index >= 15 is 0 Å². The molecule has 0 aromatic heterocycles. The van der Waals surface area contributed by atoms with Gasteiger partial charge in [-0.25, -0.2) is 17.9 Å². The molecule has 40 heavy (non-hydrogen) atoms. The second kappa shape index (κ2) is 13.1. The van der Waals surface area contributed by atoms with E-state index in [4.69, 9.17) is 4.74 Å². The van der Waals surface area contributed by atoms with Crippen molar-refractivity contribution in [2.45, 2.75) is 57.7 Å². The van der Waals surface area contributed by atoms with E-state index in [1.54, 1.807) is 20.8 Å². The molecule has 0 spiro atoms. The summed E-state index contributed by atoms with van der Waals surface area (Å²) in [6.07, 6.45) is 5.67. The lowest BCUT2D eigenvalue weighted by Gasteiger charge is -2.31. The fraction of sp³-hybridized carbons (Fsp3) is 0.303. The number of benzene rings is 3. The molecular formula is C33H38N2O4S. The maximum absolute atomic E-state index is 13.5. The Hall–Kier alpha value is -3.68. The molecule has 3 aromatic carbocycles. The highest BCUT2D eigenvalue weighted by Crippen LogP contribution is 2.31. The first-order valence-corrected chi connectivity index (χ1v) is 15.3. The highest BCUT2D eigenvalue weighted by molar-refractivity contribution is 7.89. The molecule has 0 heterocycles. The Balaban J connectivity index is 1.52. The average molecular weight is 559 g/mol. The molecule has 0 fully saturated rings. The highest BCUT2D eigenvalue weighted by Gasteiger charge is 2.31. The predicted octanol–water partition coefficient (Wildman–Crippen LogP) is 7.11. The van der Waals surface area contributed by atoms with Gasteiger partial charge in [-0.3, -0.25) is 0 Å². The summed E-state index contributed by atoms with van der Waals surface area (Å²) in [7, 11) is -3.72. The fourth-order valence-electron chi connectivity index (χ4n) is 4.73. The number of alkyl carbamates (subject to hydrolysis) is 1. The number of amides is 1. The molecule has 7 heteroatoms. The lowest BCUT2D eigenvalue weighted by atomic mass is 9.93. The van der Waals surface area contributed by atoms with Crippen LogP contribution < -0.4 is 10.0 Å². The maximum atomic E-state index is 13.5. The highest BCUT2D eigenvalue weighted by atomic mass is 32.2. The number of nitrogens with one attached hydrogen (secondary N) is 2. The molecule has 0 radical (unpaired) electrons. The minimum Gasteiger partial charge on any atom is -0.444 e. The Morgan fingerprint density at radius 2 is 1.35 bits per heavy atom. The minimum atomic E-state index is -3.72. The molecule has 6 nitrogen and oxygen atoms in total. The molecule has 0 bridgehead atoms. The number of rotatable bonds is 10. The van der Waals surface area contributed by atoms with Gasteiger partial charge in [-0.05, 0) is 62.3 Å². The van der Waals surface area contributed by atoms with Crippen molar-refractivity contribution in [2.24, 2.45) is 0 Å². The quantitative estimate of drug-likeness (QED) is 0.260. The molecule has 1 amide bonds. The van der Waals surface area contributed by atoms with Crippen LogP contribution in [0.4, 0.5) is 4.79 Å². The van der Waals surface area contributed by atoms with Gasteiger partial charge >= 0.3 is 6.09 Å². The Labute approximate surface area is 238 Å². The largest absolute Gasteiger partial charge is 0.444 e. The minimum absolute atomic E-state index is 0.0510. The van der Waals surface area contributed by atoms with Crippen molar-refractivity contribution in [1.82, 2.24) is 10.0 Å². The van der Waals surface area contributed by atoms with Gasteiger partial charge in [0.25, 0.3) is 0 Å². The van der Waals surface area contributed by atoms with Crippen LogP contribution in [0.5, 0.6) is 0 Å². The van der Waals surface area contributed by atoms with Gasteiger partial charge in [-0.15, -0.1) is 0 Å². The fourth-order valence-corrected chi connectivity index (χ4v) is 6.04. The molecule has 1 aliphatic carbocycles. The van der Waals surface area contributed by atoms with E-state index in [1.165, 1.54) is 11.1 Å². The Kier molecular flexibility index (Phi) is 9.61. The Bertz CT molecular complexity index is 1430. The maximum Gasteiger partial charge on any atom is 0.408 e. The molecule has 1 aliphatic rings. The molecule has 4 rings (SSSR count). The molecule has 0 aliphatic heterocycles. The molecule has 0 saturated carbocycles. The van der Waals surface area contributed by atoms with Crippen LogP contribution in [0.1, 0.15) is 68.8 Å². The first-order valence-electron chi connectivity index (χ1n) is 13.6. The molecule has 2 atom stereocenters. The molecule has 3 aromatic rings. The number of allylic oxidation sites excluding steroid dienone is 4. The molecule has 0 unspecified atom stereocenters. The number of ether oxygens (including phenoxy) is 1. The van der Waals surface area contributed by atoms with E-state index in [-0.39, 0.29) is 5.75 Å². The summed E-state index contributed by atoms with van der Waals surface area (Å²) in [5.41, 5.74) is 4.36. The van der Waals surface area contributed by atoms with Crippen LogP contribution in [0.3, 0.4) is 0 Å². The van der Waals surface area contributed by atoms with Gasteiger partial charge in [0, 0.05) is 0 Å². The Morgan fingerprint density at radius 3 is 1.88 bits per heavy atom. The van der Waals surface area contributed by atoms with Crippen LogP contribution in [0.25, 0.3) is 5.57 Å². The first-order chi connectivity index (χ1) is 19.1. The zero-order valence-electron chi connectivity index (χ0n) is 23.3. The summed E-state index contributed by atoms with van der Waals surface area (Å²) in [6, 6.07) is 27.5. The first kappa shape index (κ1) is 29.3. The van der Waals surface area contributed by atoms with E-state index in [2.05, 4.69) is 34.3 Å². The van der Waals surface area contributed by atoms with Crippen LogP contribution >= 0.6 is 0 Å². The third-order valence-corrected chi connectivity index (χ3v) is 8.04. The summed E-state index contributed by atoms with van der Waals surface area (Å²) in [4.78, 5) is 12.9. The van der Waals surface area contributed by atoms with Gasteiger partial charge < -0.3 is 10.1 Å². The van der Waals surface area contributed by atoms with Gasteiger partial charge in [-0.1, -0.05) is 109 Å². The predicted molar refractivity (Wildman–Crippen MR) is 161 cm³/mol. The molecule has 210 valence electrons.